The van der Waals surface area contributed by atoms with E-state index >= 15 is 0 Å². The van der Waals surface area contributed by atoms with Crippen LogP contribution in [0.3, 0.4) is 0 Å². The number of para-hydroxylation sites is 1. The van der Waals surface area contributed by atoms with Crippen LogP contribution in [0.25, 0.3) is 0 Å². The van der Waals surface area contributed by atoms with Crippen molar-refractivity contribution in [3.05, 3.63) is 29.8 Å². The summed E-state index contributed by atoms with van der Waals surface area (Å²) >= 11 is 0. The maximum atomic E-state index is 12.7. The van der Waals surface area contributed by atoms with E-state index in [1.165, 1.54) is 0 Å². The van der Waals surface area contributed by atoms with Crippen molar-refractivity contribution in [1.29, 1.82) is 0 Å². The Morgan fingerprint density at radius 2 is 2.14 bits per heavy atom. The predicted octanol–water partition coefficient (Wildman–Crippen LogP) is 2.18. The first kappa shape index (κ1) is 14.4. The van der Waals surface area contributed by atoms with Gasteiger partial charge in [-0.3, -0.25) is 4.79 Å². The summed E-state index contributed by atoms with van der Waals surface area (Å²) in [5.74, 6) is 0.197. The van der Waals surface area contributed by atoms with E-state index in [9.17, 15) is 4.79 Å². The van der Waals surface area contributed by atoms with Crippen molar-refractivity contribution in [2.45, 2.75) is 44.2 Å². The Hall–Kier alpha value is -1.55. The first-order valence-corrected chi connectivity index (χ1v) is 7.98. The van der Waals surface area contributed by atoms with Crippen LogP contribution in [0.2, 0.25) is 0 Å². The van der Waals surface area contributed by atoms with Gasteiger partial charge in [0.25, 0.3) is 0 Å². The first-order chi connectivity index (χ1) is 10.1. The van der Waals surface area contributed by atoms with E-state index in [-0.39, 0.29) is 11.8 Å². The second-order valence-electron chi connectivity index (χ2n) is 6.41. The largest absolute Gasteiger partial charge is 0.385 e. The molecule has 4 nitrogen and oxygen atoms in total. The number of likely N-dealkylation sites (tertiary alicyclic amines) is 1. The van der Waals surface area contributed by atoms with E-state index in [2.05, 4.69) is 41.6 Å². The van der Waals surface area contributed by atoms with Gasteiger partial charge in [-0.25, -0.2) is 0 Å². The summed E-state index contributed by atoms with van der Waals surface area (Å²) in [6, 6.07) is 9.04. The third-order valence-electron chi connectivity index (χ3n) is 4.96. The molecule has 0 spiro atoms. The molecule has 0 aliphatic carbocycles. The smallest absolute Gasteiger partial charge is 0.227 e. The van der Waals surface area contributed by atoms with E-state index in [1.807, 2.05) is 12.1 Å². The van der Waals surface area contributed by atoms with E-state index in [0.29, 0.717) is 12.1 Å². The first-order valence-electron chi connectivity index (χ1n) is 7.98. The number of rotatable bonds is 2. The lowest BCUT2D eigenvalue weighted by Gasteiger charge is -2.36. The SMILES string of the molecule is CC1CC(NC(=O)C2CCNc3ccccc32)CCN1C. The minimum Gasteiger partial charge on any atom is -0.385 e. The number of piperidine rings is 1. The molecule has 1 saturated heterocycles. The summed E-state index contributed by atoms with van der Waals surface area (Å²) in [5, 5.41) is 6.66. The number of hydrogen-bond donors (Lipinski definition) is 2. The number of carbonyl (C=O) groups excluding carboxylic acids is 1. The zero-order chi connectivity index (χ0) is 14.8. The highest BCUT2D eigenvalue weighted by atomic mass is 16.2. The second kappa shape index (κ2) is 6.06. The Labute approximate surface area is 126 Å². The van der Waals surface area contributed by atoms with Crippen LogP contribution in [0.5, 0.6) is 0 Å². The Kier molecular flexibility index (Phi) is 4.15. The fourth-order valence-corrected chi connectivity index (χ4v) is 3.46. The normalized spacial score (nSPS) is 29.3. The van der Waals surface area contributed by atoms with Crippen LogP contribution in [0.4, 0.5) is 5.69 Å². The molecular weight excluding hydrogens is 262 g/mol. The number of carbonyl (C=O) groups is 1. The van der Waals surface area contributed by atoms with E-state index in [1.54, 1.807) is 0 Å². The number of nitrogens with zero attached hydrogens (tertiary/aromatic N) is 1. The predicted molar refractivity (Wildman–Crippen MR) is 85.5 cm³/mol. The molecule has 0 radical (unpaired) electrons. The van der Waals surface area contributed by atoms with Crippen molar-refractivity contribution in [2.75, 3.05) is 25.5 Å². The minimum absolute atomic E-state index is 0.00240. The van der Waals surface area contributed by atoms with E-state index in [4.69, 9.17) is 0 Å². The van der Waals surface area contributed by atoms with E-state index < -0.39 is 0 Å². The Balaban J connectivity index is 1.67. The molecule has 0 bridgehead atoms. The van der Waals surface area contributed by atoms with Crippen molar-refractivity contribution in [3.8, 4) is 0 Å². The number of fused-ring (bicyclic) bond motifs is 1. The maximum absolute atomic E-state index is 12.7. The van der Waals surface area contributed by atoms with Crippen LogP contribution in [0.15, 0.2) is 24.3 Å². The van der Waals surface area contributed by atoms with Gasteiger partial charge in [0.2, 0.25) is 5.91 Å². The van der Waals surface area contributed by atoms with Gasteiger partial charge in [-0.05, 0) is 44.9 Å². The lowest BCUT2D eigenvalue weighted by atomic mass is 9.89. The zero-order valence-electron chi connectivity index (χ0n) is 12.9. The number of hydrogen-bond acceptors (Lipinski definition) is 3. The van der Waals surface area contributed by atoms with Crippen molar-refractivity contribution >= 4 is 11.6 Å². The van der Waals surface area contributed by atoms with Gasteiger partial charge in [-0.2, -0.15) is 0 Å². The van der Waals surface area contributed by atoms with Gasteiger partial charge in [0.05, 0.1) is 5.92 Å². The van der Waals surface area contributed by atoms with Gasteiger partial charge >= 0.3 is 0 Å². The third kappa shape index (κ3) is 3.05. The van der Waals surface area contributed by atoms with Gasteiger partial charge < -0.3 is 15.5 Å². The lowest BCUT2D eigenvalue weighted by molar-refractivity contribution is -0.123. The molecule has 114 valence electrons. The maximum Gasteiger partial charge on any atom is 0.227 e. The monoisotopic (exact) mass is 287 g/mol. The fraction of sp³-hybridized carbons (Fsp3) is 0.588. The van der Waals surface area contributed by atoms with Gasteiger partial charge in [0.15, 0.2) is 0 Å². The summed E-state index contributed by atoms with van der Waals surface area (Å²) in [4.78, 5) is 15.0. The van der Waals surface area contributed by atoms with Gasteiger partial charge in [-0.15, -0.1) is 0 Å². The zero-order valence-corrected chi connectivity index (χ0v) is 12.9. The molecule has 0 saturated carbocycles. The molecule has 1 amide bonds. The summed E-state index contributed by atoms with van der Waals surface area (Å²) < 4.78 is 0. The highest BCUT2D eigenvalue weighted by Gasteiger charge is 2.29. The van der Waals surface area contributed by atoms with Crippen LogP contribution in [-0.4, -0.2) is 43.0 Å². The van der Waals surface area contributed by atoms with Crippen LogP contribution in [-0.2, 0) is 4.79 Å². The van der Waals surface area contributed by atoms with Gasteiger partial charge in [0, 0.05) is 30.9 Å². The summed E-state index contributed by atoms with van der Waals surface area (Å²) in [6.07, 6.45) is 2.99. The van der Waals surface area contributed by atoms with Crippen LogP contribution >= 0.6 is 0 Å². The molecule has 21 heavy (non-hydrogen) atoms. The summed E-state index contributed by atoms with van der Waals surface area (Å²) in [6.45, 7) is 4.17. The molecule has 4 heteroatoms. The molecule has 3 unspecified atom stereocenters. The molecule has 2 aliphatic rings. The topological polar surface area (TPSA) is 44.4 Å². The number of nitrogens with one attached hydrogen (secondary N) is 2. The molecule has 1 aromatic carbocycles. The number of anilines is 1. The average molecular weight is 287 g/mol. The minimum atomic E-state index is -0.00240. The number of benzene rings is 1. The van der Waals surface area contributed by atoms with Crippen LogP contribution < -0.4 is 10.6 Å². The highest BCUT2D eigenvalue weighted by Crippen LogP contribution is 2.31. The molecule has 0 aromatic heterocycles. The molecule has 2 heterocycles. The molecule has 2 aliphatic heterocycles. The number of amides is 1. The summed E-state index contributed by atoms with van der Waals surface area (Å²) in [7, 11) is 2.16. The molecule has 1 aromatic rings. The van der Waals surface area contributed by atoms with E-state index in [0.717, 1.165) is 43.6 Å². The molecule has 1 fully saturated rings. The van der Waals surface area contributed by atoms with Gasteiger partial charge in [0.1, 0.15) is 0 Å². The Morgan fingerprint density at radius 3 is 2.95 bits per heavy atom. The van der Waals surface area contributed by atoms with Gasteiger partial charge in [-0.1, -0.05) is 18.2 Å². The Morgan fingerprint density at radius 1 is 1.33 bits per heavy atom. The highest BCUT2D eigenvalue weighted by molar-refractivity contribution is 5.86. The standard InChI is InChI=1S/C17H25N3O/c1-12-11-13(8-10-20(12)2)19-17(21)15-7-9-18-16-6-4-3-5-14(15)16/h3-6,12-13,15,18H,7-11H2,1-2H3,(H,19,21). The van der Waals surface area contributed by atoms with Crippen molar-refractivity contribution in [1.82, 2.24) is 10.2 Å². The van der Waals surface area contributed by atoms with Crippen LogP contribution in [0.1, 0.15) is 37.7 Å². The molecule has 3 rings (SSSR count). The fourth-order valence-electron chi connectivity index (χ4n) is 3.46. The van der Waals surface area contributed by atoms with Crippen molar-refractivity contribution in [3.63, 3.8) is 0 Å². The average Bonchev–Trinajstić information content (AvgIpc) is 2.50. The molecular formula is C17H25N3O. The quantitative estimate of drug-likeness (QED) is 0.876. The van der Waals surface area contributed by atoms with Crippen molar-refractivity contribution in [2.24, 2.45) is 0 Å². The van der Waals surface area contributed by atoms with Crippen molar-refractivity contribution < 1.29 is 4.79 Å². The molecule has 3 atom stereocenters. The second-order valence-corrected chi connectivity index (χ2v) is 6.41. The Bertz CT molecular complexity index is 517. The summed E-state index contributed by atoms with van der Waals surface area (Å²) in [5.41, 5.74) is 2.25. The van der Waals surface area contributed by atoms with Crippen LogP contribution in [0, 0.1) is 0 Å². The third-order valence-corrected chi connectivity index (χ3v) is 4.96. The lowest BCUT2D eigenvalue weighted by Crippen LogP contribution is -2.48. The molecule has 2 N–H and O–H groups in total.